The summed E-state index contributed by atoms with van der Waals surface area (Å²) in [7, 11) is 3.40. The van der Waals surface area contributed by atoms with Crippen molar-refractivity contribution in [2.24, 2.45) is 23.2 Å². The van der Waals surface area contributed by atoms with Crippen LogP contribution in [0.3, 0.4) is 0 Å². The van der Waals surface area contributed by atoms with E-state index in [2.05, 4.69) is 44.4 Å². The summed E-state index contributed by atoms with van der Waals surface area (Å²) in [6.45, 7) is 6.13. The van der Waals surface area contributed by atoms with E-state index in [1.807, 2.05) is 20.9 Å². The Balaban J connectivity index is 2.22. The molecule has 0 aromatic carbocycles. The largest absolute Gasteiger partial charge is 0.494 e. The molecule has 2 heterocycles. The Kier molecular flexibility index (Phi) is 8.61. The Hall–Kier alpha value is -3.62. The standard InChI is InChI=1S/C21H27N7O2/c1-6-7-18(21-22-13-20(30-5)14-23-21)10-16(2)17(3)11-25-28(9-8-26-29)19-12-24-27(4)15-19/h7-15,17H,6H2,1-5H3/b9-8-,16-10+,18-7+,25-11+. The van der Waals surface area contributed by atoms with Gasteiger partial charge in [0.25, 0.3) is 0 Å². The molecule has 158 valence electrons. The molecule has 0 radical (unpaired) electrons. The highest BCUT2D eigenvalue weighted by atomic mass is 16.5. The fraction of sp³-hybridized carbons (Fsp3) is 0.333. The number of allylic oxidation sites excluding steroid dienone is 4. The van der Waals surface area contributed by atoms with Crippen LogP contribution in [0.1, 0.15) is 33.0 Å². The first-order valence-electron chi connectivity index (χ1n) is 9.54. The summed E-state index contributed by atoms with van der Waals surface area (Å²) in [4.78, 5) is 19.2. The average molecular weight is 409 g/mol. The topological polar surface area (TPSA) is 97.9 Å². The number of ether oxygens (including phenoxy) is 1. The highest BCUT2D eigenvalue weighted by molar-refractivity contribution is 5.73. The van der Waals surface area contributed by atoms with Crippen molar-refractivity contribution in [3.8, 4) is 5.75 Å². The number of methoxy groups -OCH3 is 1. The summed E-state index contributed by atoms with van der Waals surface area (Å²) in [6, 6.07) is 0. The van der Waals surface area contributed by atoms with E-state index in [0.29, 0.717) is 11.6 Å². The van der Waals surface area contributed by atoms with Gasteiger partial charge < -0.3 is 4.74 Å². The van der Waals surface area contributed by atoms with Gasteiger partial charge in [-0.05, 0) is 18.5 Å². The second-order valence-electron chi connectivity index (χ2n) is 6.58. The summed E-state index contributed by atoms with van der Waals surface area (Å²) in [6.07, 6.45) is 16.2. The van der Waals surface area contributed by atoms with Crippen LogP contribution in [0.5, 0.6) is 5.75 Å². The number of nitrogens with zero attached hydrogens (tertiary/aromatic N) is 7. The molecule has 0 aliphatic rings. The minimum Gasteiger partial charge on any atom is -0.494 e. The highest BCUT2D eigenvalue weighted by Crippen LogP contribution is 2.20. The van der Waals surface area contributed by atoms with E-state index < -0.39 is 0 Å². The summed E-state index contributed by atoms with van der Waals surface area (Å²) in [5.41, 5.74) is 2.74. The fourth-order valence-electron chi connectivity index (χ4n) is 2.48. The van der Waals surface area contributed by atoms with E-state index in [0.717, 1.165) is 29.5 Å². The lowest BCUT2D eigenvalue weighted by Gasteiger charge is -2.13. The number of aromatic nitrogens is 4. The number of nitroso groups, excluding NO2 is 1. The van der Waals surface area contributed by atoms with Crippen LogP contribution in [0.25, 0.3) is 5.57 Å². The summed E-state index contributed by atoms with van der Waals surface area (Å²) < 4.78 is 6.79. The lowest BCUT2D eigenvalue weighted by Crippen LogP contribution is -2.10. The molecular formula is C21H27N7O2. The van der Waals surface area contributed by atoms with Crippen LogP contribution in [0.2, 0.25) is 0 Å². The number of anilines is 1. The van der Waals surface area contributed by atoms with E-state index in [1.165, 1.54) is 6.20 Å². The molecule has 0 aliphatic heterocycles. The number of hydrogen-bond acceptors (Lipinski definition) is 8. The highest BCUT2D eigenvalue weighted by Gasteiger charge is 2.09. The first-order chi connectivity index (χ1) is 14.5. The smallest absolute Gasteiger partial charge is 0.159 e. The molecule has 1 unspecified atom stereocenters. The van der Waals surface area contributed by atoms with Gasteiger partial charge in [0.2, 0.25) is 0 Å². The van der Waals surface area contributed by atoms with Crippen molar-refractivity contribution in [1.29, 1.82) is 0 Å². The summed E-state index contributed by atoms with van der Waals surface area (Å²) >= 11 is 0. The van der Waals surface area contributed by atoms with E-state index in [1.54, 1.807) is 47.8 Å². The van der Waals surface area contributed by atoms with Crippen LogP contribution in [0, 0.1) is 10.8 Å². The van der Waals surface area contributed by atoms with E-state index in [9.17, 15) is 4.91 Å². The van der Waals surface area contributed by atoms with Gasteiger partial charge in [-0.15, -0.1) is 4.91 Å². The first-order valence-corrected chi connectivity index (χ1v) is 9.54. The van der Waals surface area contributed by atoms with Crippen LogP contribution in [-0.4, -0.2) is 33.1 Å². The molecule has 2 aromatic heterocycles. The maximum Gasteiger partial charge on any atom is 0.159 e. The Morgan fingerprint density at radius 2 is 2.07 bits per heavy atom. The van der Waals surface area contributed by atoms with Crippen LogP contribution < -0.4 is 9.75 Å². The van der Waals surface area contributed by atoms with Gasteiger partial charge in [-0.3, -0.25) is 4.68 Å². The zero-order chi connectivity index (χ0) is 21.9. The molecule has 2 aromatic rings. The van der Waals surface area contributed by atoms with Crippen molar-refractivity contribution in [1.82, 2.24) is 19.7 Å². The Morgan fingerprint density at radius 3 is 2.63 bits per heavy atom. The van der Waals surface area contributed by atoms with Crippen LogP contribution in [0.4, 0.5) is 5.69 Å². The van der Waals surface area contributed by atoms with E-state index in [4.69, 9.17) is 4.74 Å². The van der Waals surface area contributed by atoms with Gasteiger partial charge in [0.15, 0.2) is 11.6 Å². The third kappa shape index (κ3) is 6.47. The second kappa shape index (κ2) is 11.4. The number of aryl methyl sites for hydroxylation is 1. The second-order valence-corrected chi connectivity index (χ2v) is 6.58. The lowest BCUT2D eigenvalue weighted by atomic mass is 10.0. The maximum absolute atomic E-state index is 10.5. The van der Waals surface area contributed by atoms with Gasteiger partial charge in [0.05, 0.1) is 44.3 Å². The van der Waals surface area contributed by atoms with Crippen molar-refractivity contribution < 1.29 is 4.74 Å². The van der Waals surface area contributed by atoms with Gasteiger partial charge in [0, 0.05) is 24.8 Å². The molecule has 0 amide bonds. The molecule has 2 rings (SSSR count). The molecule has 0 saturated heterocycles. The molecule has 0 bridgehead atoms. The Morgan fingerprint density at radius 1 is 1.33 bits per heavy atom. The van der Waals surface area contributed by atoms with Gasteiger partial charge >= 0.3 is 0 Å². The quantitative estimate of drug-likeness (QED) is 0.251. The first kappa shape index (κ1) is 22.7. The zero-order valence-electron chi connectivity index (χ0n) is 17.9. The van der Waals surface area contributed by atoms with Crippen LogP contribution in [0.15, 0.2) is 65.2 Å². The summed E-state index contributed by atoms with van der Waals surface area (Å²) in [5.74, 6) is 1.28. The molecule has 0 fully saturated rings. The average Bonchev–Trinajstić information content (AvgIpc) is 3.19. The van der Waals surface area contributed by atoms with Crippen molar-refractivity contribution in [3.63, 3.8) is 0 Å². The van der Waals surface area contributed by atoms with Gasteiger partial charge in [-0.25, -0.2) is 15.0 Å². The monoisotopic (exact) mass is 409 g/mol. The van der Waals surface area contributed by atoms with Crippen LogP contribution >= 0.6 is 0 Å². The molecule has 0 spiro atoms. The SMILES string of the molecule is CC/C=C(\C=C(/C)C(C)/C=N/N(/C=C\N=O)c1cnn(C)c1)c1ncc(OC)cn1. The molecule has 0 aliphatic carbocycles. The van der Waals surface area contributed by atoms with Crippen molar-refractivity contribution >= 4 is 17.5 Å². The normalized spacial score (nSPS) is 13.8. The molecule has 30 heavy (non-hydrogen) atoms. The lowest BCUT2D eigenvalue weighted by molar-refractivity contribution is 0.410. The molecule has 0 N–H and O–H groups in total. The number of hydrogen-bond donors (Lipinski definition) is 0. The van der Waals surface area contributed by atoms with Crippen molar-refractivity contribution in [3.05, 3.63) is 65.6 Å². The number of hydrazone groups is 1. The molecule has 0 saturated carbocycles. The predicted molar refractivity (Wildman–Crippen MR) is 119 cm³/mol. The predicted octanol–water partition coefficient (Wildman–Crippen LogP) is 4.32. The Bertz CT molecular complexity index is 943. The fourth-order valence-corrected chi connectivity index (χ4v) is 2.48. The van der Waals surface area contributed by atoms with Crippen molar-refractivity contribution in [2.75, 3.05) is 12.1 Å². The van der Waals surface area contributed by atoms with E-state index >= 15 is 0 Å². The zero-order valence-corrected chi connectivity index (χ0v) is 17.9. The van der Waals surface area contributed by atoms with E-state index in [-0.39, 0.29) is 5.92 Å². The van der Waals surface area contributed by atoms with Crippen molar-refractivity contribution in [2.45, 2.75) is 27.2 Å². The number of rotatable bonds is 10. The van der Waals surface area contributed by atoms with Gasteiger partial charge in [-0.2, -0.15) is 10.2 Å². The Labute approximate surface area is 176 Å². The van der Waals surface area contributed by atoms with Gasteiger partial charge in [0.1, 0.15) is 5.69 Å². The third-order valence-corrected chi connectivity index (χ3v) is 4.29. The maximum atomic E-state index is 10.5. The minimum absolute atomic E-state index is 0.0280. The molecule has 1 atom stereocenters. The van der Waals surface area contributed by atoms with Crippen LogP contribution in [-0.2, 0) is 7.05 Å². The molecule has 9 nitrogen and oxygen atoms in total. The van der Waals surface area contributed by atoms with Gasteiger partial charge in [-0.1, -0.05) is 31.6 Å². The molecule has 9 heteroatoms. The molecular weight excluding hydrogens is 382 g/mol. The third-order valence-electron chi connectivity index (χ3n) is 4.29. The minimum atomic E-state index is 0.0280. The summed E-state index contributed by atoms with van der Waals surface area (Å²) in [5, 5.41) is 12.9.